The maximum atomic E-state index is 13.5. The summed E-state index contributed by atoms with van der Waals surface area (Å²) in [7, 11) is -3.65. The first-order valence-corrected chi connectivity index (χ1v) is 13.1. The van der Waals surface area contributed by atoms with E-state index in [4.69, 9.17) is 0 Å². The van der Waals surface area contributed by atoms with Crippen LogP contribution in [0, 0.1) is 24.2 Å². The van der Waals surface area contributed by atoms with Gasteiger partial charge in [0.1, 0.15) is 0 Å². The normalized spacial score (nSPS) is 29.6. The molecule has 5 heteroatoms. The van der Waals surface area contributed by atoms with Gasteiger partial charge in [-0.25, -0.2) is 12.4 Å². The molecule has 6 rings (SSSR count). The number of hydrogen-bond donors (Lipinski definition) is 0. The van der Waals surface area contributed by atoms with Crippen LogP contribution in [-0.4, -0.2) is 29.9 Å². The van der Waals surface area contributed by atoms with Crippen molar-refractivity contribution in [3.05, 3.63) is 78.0 Å². The second kappa shape index (κ2) is 7.06. The smallest absolute Gasteiger partial charge is 0.268 e. The summed E-state index contributed by atoms with van der Waals surface area (Å²) in [5, 5.41) is 1.03. The molecule has 2 heterocycles. The van der Waals surface area contributed by atoms with Gasteiger partial charge in [-0.15, -0.1) is 0 Å². The van der Waals surface area contributed by atoms with E-state index in [2.05, 4.69) is 30.0 Å². The zero-order valence-electron chi connectivity index (χ0n) is 18.7. The van der Waals surface area contributed by atoms with Crippen molar-refractivity contribution in [3.63, 3.8) is 0 Å². The summed E-state index contributed by atoms with van der Waals surface area (Å²) in [6.07, 6.45) is 10.6. The van der Waals surface area contributed by atoms with Gasteiger partial charge in [-0.3, -0.25) is 4.90 Å². The average molecular weight is 447 g/mol. The van der Waals surface area contributed by atoms with Gasteiger partial charge in [0.15, 0.2) is 0 Å². The second-order valence-corrected chi connectivity index (χ2v) is 12.1. The second-order valence-electron chi connectivity index (χ2n) is 10.3. The fraction of sp³-hybridized carbons (Fsp3) is 0.407. The lowest BCUT2D eigenvalue weighted by molar-refractivity contribution is 0.206. The molecule has 2 fully saturated rings. The minimum atomic E-state index is -3.65. The molecule has 166 valence electrons. The van der Waals surface area contributed by atoms with E-state index in [0.717, 1.165) is 47.0 Å². The number of likely N-dealkylation sites (tertiary alicyclic amines) is 1. The molecular formula is C27H30N2O2S. The van der Waals surface area contributed by atoms with Gasteiger partial charge in [-0.1, -0.05) is 48.0 Å². The van der Waals surface area contributed by atoms with E-state index in [0.29, 0.717) is 16.4 Å². The molecule has 0 N–H and O–H groups in total. The molecule has 1 aliphatic heterocycles. The van der Waals surface area contributed by atoms with Gasteiger partial charge in [0.2, 0.25) is 0 Å². The van der Waals surface area contributed by atoms with Gasteiger partial charge in [0.25, 0.3) is 10.0 Å². The lowest BCUT2D eigenvalue weighted by Gasteiger charge is -2.31. The minimum absolute atomic E-state index is 0.331. The molecule has 1 saturated carbocycles. The Balaban J connectivity index is 1.36. The largest absolute Gasteiger partial charge is 0.296 e. The molecule has 0 amide bonds. The fourth-order valence-corrected chi connectivity index (χ4v) is 8.00. The van der Waals surface area contributed by atoms with Crippen molar-refractivity contribution in [2.24, 2.45) is 17.3 Å². The Morgan fingerprint density at radius 2 is 1.81 bits per heavy atom. The van der Waals surface area contributed by atoms with E-state index >= 15 is 0 Å². The van der Waals surface area contributed by atoms with E-state index in [-0.39, 0.29) is 0 Å². The molecule has 3 aromatic rings. The molecule has 4 atom stereocenters. The number of nitrogens with zero attached hydrogens (tertiary/aromatic N) is 2. The molecule has 0 radical (unpaired) electrons. The van der Waals surface area contributed by atoms with Crippen LogP contribution in [0.1, 0.15) is 37.3 Å². The Hall–Kier alpha value is -2.37. The summed E-state index contributed by atoms with van der Waals surface area (Å²) in [5.41, 5.74) is 3.33. The van der Waals surface area contributed by atoms with Crippen molar-refractivity contribution in [2.45, 2.75) is 50.6 Å². The maximum Gasteiger partial charge on any atom is 0.268 e. The Morgan fingerprint density at radius 1 is 1.03 bits per heavy atom. The number of benzene rings is 2. The lowest BCUT2D eigenvalue weighted by atomic mass is 9.74. The number of allylic oxidation sites excluding steroid dienone is 2. The third kappa shape index (κ3) is 3.01. The van der Waals surface area contributed by atoms with Crippen LogP contribution >= 0.6 is 0 Å². The van der Waals surface area contributed by atoms with E-state index in [1.807, 2.05) is 43.5 Å². The van der Waals surface area contributed by atoms with Gasteiger partial charge < -0.3 is 0 Å². The van der Waals surface area contributed by atoms with Gasteiger partial charge in [-0.2, -0.15) is 0 Å². The Morgan fingerprint density at radius 3 is 2.53 bits per heavy atom. The van der Waals surface area contributed by atoms with Gasteiger partial charge in [0.05, 0.1) is 10.4 Å². The van der Waals surface area contributed by atoms with Crippen LogP contribution in [0.5, 0.6) is 0 Å². The van der Waals surface area contributed by atoms with Crippen LogP contribution in [0.2, 0.25) is 0 Å². The number of aromatic nitrogens is 1. The Labute approximate surface area is 190 Å². The van der Waals surface area contributed by atoms with E-state index in [9.17, 15) is 8.42 Å². The van der Waals surface area contributed by atoms with Crippen LogP contribution < -0.4 is 0 Å². The van der Waals surface area contributed by atoms with E-state index in [1.54, 1.807) is 12.1 Å². The number of hydrogen-bond acceptors (Lipinski definition) is 3. The monoisotopic (exact) mass is 446 g/mol. The minimum Gasteiger partial charge on any atom is -0.296 e. The summed E-state index contributed by atoms with van der Waals surface area (Å²) in [6.45, 7) is 6.22. The summed E-state index contributed by atoms with van der Waals surface area (Å²) >= 11 is 0. The maximum absolute atomic E-state index is 13.5. The molecule has 3 aliphatic rings. The van der Waals surface area contributed by atoms with Crippen molar-refractivity contribution >= 4 is 20.9 Å². The van der Waals surface area contributed by atoms with E-state index < -0.39 is 10.0 Å². The number of rotatable bonds is 4. The molecule has 1 saturated heterocycles. The van der Waals surface area contributed by atoms with Gasteiger partial charge >= 0.3 is 0 Å². The Bertz CT molecular complexity index is 1320. The summed E-state index contributed by atoms with van der Waals surface area (Å²) in [6, 6.07) is 15.5. The predicted molar refractivity (Wildman–Crippen MR) is 128 cm³/mol. The van der Waals surface area contributed by atoms with E-state index in [1.165, 1.54) is 23.2 Å². The first-order valence-electron chi connectivity index (χ1n) is 11.7. The van der Waals surface area contributed by atoms with Crippen molar-refractivity contribution in [3.8, 4) is 0 Å². The van der Waals surface area contributed by atoms with Crippen molar-refractivity contribution in [1.29, 1.82) is 0 Å². The summed E-state index contributed by atoms with van der Waals surface area (Å²) < 4.78 is 28.5. The zero-order valence-corrected chi connectivity index (χ0v) is 19.6. The van der Waals surface area contributed by atoms with Crippen molar-refractivity contribution in [2.75, 3.05) is 6.54 Å². The molecule has 2 aliphatic carbocycles. The topological polar surface area (TPSA) is 42.3 Å². The first kappa shape index (κ1) is 20.3. The van der Waals surface area contributed by atoms with Crippen LogP contribution in [-0.2, 0) is 16.6 Å². The quantitative estimate of drug-likeness (QED) is 0.507. The lowest BCUT2D eigenvalue weighted by Crippen LogP contribution is -2.31. The van der Waals surface area contributed by atoms with Crippen molar-refractivity contribution < 1.29 is 8.42 Å². The van der Waals surface area contributed by atoms with Gasteiger partial charge in [-0.05, 0) is 74.1 Å². The van der Waals surface area contributed by atoms with Crippen LogP contribution in [0.4, 0.5) is 0 Å². The SMILES string of the molecule is Cc1ccc(S(=O)(=O)n2cc(CN3CC4(CC5C=CC4C5)CC3C)c3ccccc32)cc1. The summed E-state index contributed by atoms with van der Waals surface area (Å²) in [5.74, 6) is 1.50. The highest BCUT2D eigenvalue weighted by atomic mass is 32.2. The molecule has 2 aromatic carbocycles. The van der Waals surface area contributed by atoms with Gasteiger partial charge in [0, 0.05) is 30.7 Å². The number of aryl methyl sites for hydroxylation is 1. The third-order valence-electron chi connectivity index (χ3n) is 8.18. The first-order chi connectivity index (χ1) is 15.4. The molecule has 1 aromatic heterocycles. The molecule has 4 unspecified atom stereocenters. The van der Waals surface area contributed by atoms with Crippen LogP contribution in [0.3, 0.4) is 0 Å². The zero-order chi connectivity index (χ0) is 22.1. The standard InChI is InChI=1S/C27H30N2O2S/c1-19-7-11-24(12-8-19)32(30,31)29-17-22(25-5-3-4-6-26(25)29)16-28-18-27(14-20(28)2)15-21-9-10-23(27)13-21/h3-12,17,20-21,23H,13-16,18H2,1-2H3. The highest BCUT2D eigenvalue weighted by Crippen LogP contribution is 2.58. The molecule has 4 nitrogen and oxygen atoms in total. The van der Waals surface area contributed by atoms with Crippen molar-refractivity contribution in [1.82, 2.24) is 8.87 Å². The summed E-state index contributed by atoms with van der Waals surface area (Å²) in [4.78, 5) is 2.91. The van der Waals surface area contributed by atoms with Crippen LogP contribution in [0.15, 0.2) is 71.8 Å². The molecule has 2 bridgehead atoms. The molecule has 32 heavy (non-hydrogen) atoms. The highest BCUT2D eigenvalue weighted by Gasteiger charge is 2.53. The average Bonchev–Trinajstić information content (AvgIpc) is 3.52. The van der Waals surface area contributed by atoms with Crippen LogP contribution in [0.25, 0.3) is 10.9 Å². The third-order valence-corrected chi connectivity index (χ3v) is 9.87. The number of fused-ring (bicyclic) bond motifs is 4. The predicted octanol–water partition coefficient (Wildman–Crippen LogP) is 5.36. The fourth-order valence-electron chi connectivity index (χ4n) is 6.61. The highest BCUT2D eigenvalue weighted by molar-refractivity contribution is 7.90. The number of para-hydroxylation sites is 1. The Kier molecular flexibility index (Phi) is 4.47. The molecule has 1 spiro atoms. The molecular weight excluding hydrogens is 416 g/mol.